The number of amides is 1. The minimum absolute atomic E-state index is 0.393. The maximum absolute atomic E-state index is 11.8. The van der Waals surface area contributed by atoms with Crippen molar-refractivity contribution in [3.8, 4) is 0 Å². The number of thioether (sulfide) groups is 1. The first kappa shape index (κ1) is 13.2. The van der Waals surface area contributed by atoms with Gasteiger partial charge in [-0.15, -0.1) is 11.8 Å². The third-order valence-corrected chi connectivity index (χ3v) is 3.00. The molecule has 1 amide bonds. The molecule has 1 aliphatic heterocycles. The molecule has 0 spiro atoms. The molecule has 1 unspecified atom stereocenters. The average molecular weight is 247 g/mol. The molecule has 1 saturated heterocycles. The van der Waals surface area contributed by atoms with Crippen LogP contribution in [0.2, 0.25) is 0 Å². The van der Waals surface area contributed by atoms with E-state index in [0.717, 1.165) is 0 Å². The van der Waals surface area contributed by atoms with Crippen LogP contribution >= 0.6 is 11.8 Å². The van der Waals surface area contributed by atoms with Crippen LogP contribution in [0.15, 0.2) is 0 Å². The highest BCUT2D eigenvalue weighted by Gasteiger charge is 2.37. The standard InChI is InChI=1S/C10H17NO4S/c1-10(2,3)15-9(13)11-6-16-5-7(11)8(12)14-4/h7H,5-6H2,1-4H3. The fraction of sp³-hybridized carbons (Fsp3) is 0.800. The number of carbonyl (C=O) groups excluding carboxylic acids is 2. The van der Waals surface area contributed by atoms with Gasteiger partial charge in [-0.3, -0.25) is 4.90 Å². The van der Waals surface area contributed by atoms with Gasteiger partial charge in [0, 0.05) is 5.75 Å². The molecular weight excluding hydrogens is 230 g/mol. The van der Waals surface area contributed by atoms with Gasteiger partial charge in [0.25, 0.3) is 0 Å². The monoisotopic (exact) mass is 247 g/mol. The van der Waals surface area contributed by atoms with E-state index in [4.69, 9.17) is 4.74 Å². The molecule has 92 valence electrons. The van der Waals surface area contributed by atoms with Crippen molar-refractivity contribution in [2.24, 2.45) is 0 Å². The van der Waals surface area contributed by atoms with E-state index in [9.17, 15) is 9.59 Å². The summed E-state index contributed by atoms with van der Waals surface area (Å²) in [6.45, 7) is 5.38. The summed E-state index contributed by atoms with van der Waals surface area (Å²) < 4.78 is 9.86. The van der Waals surface area contributed by atoms with Crippen LogP contribution in [0, 0.1) is 0 Å². The van der Waals surface area contributed by atoms with E-state index in [1.54, 1.807) is 20.8 Å². The molecule has 1 heterocycles. The Balaban J connectivity index is 2.65. The van der Waals surface area contributed by atoms with Gasteiger partial charge in [-0.2, -0.15) is 0 Å². The number of rotatable bonds is 1. The average Bonchev–Trinajstić information content (AvgIpc) is 2.62. The van der Waals surface area contributed by atoms with Crippen molar-refractivity contribution < 1.29 is 19.1 Å². The largest absolute Gasteiger partial charge is 0.467 e. The minimum Gasteiger partial charge on any atom is -0.467 e. The Bertz CT molecular complexity index is 287. The van der Waals surface area contributed by atoms with Gasteiger partial charge in [-0.25, -0.2) is 9.59 Å². The van der Waals surface area contributed by atoms with E-state index < -0.39 is 23.7 Å². The van der Waals surface area contributed by atoms with Gasteiger partial charge in [0.1, 0.15) is 11.6 Å². The number of hydrogen-bond donors (Lipinski definition) is 0. The summed E-state index contributed by atoms with van der Waals surface area (Å²) in [5.41, 5.74) is -0.551. The van der Waals surface area contributed by atoms with Crippen LogP contribution in [0.5, 0.6) is 0 Å². The fourth-order valence-corrected chi connectivity index (χ4v) is 2.40. The highest BCUT2D eigenvalue weighted by Crippen LogP contribution is 2.24. The molecule has 0 saturated carbocycles. The lowest BCUT2D eigenvalue weighted by Crippen LogP contribution is -2.44. The van der Waals surface area contributed by atoms with E-state index in [1.807, 2.05) is 0 Å². The lowest BCUT2D eigenvalue weighted by molar-refractivity contribution is -0.145. The van der Waals surface area contributed by atoms with Gasteiger partial charge >= 0.3 is 12.1 Å². The molecule has 5 nitrogen and oxygen atoms in total. The highest BCUT2D eigenvalue weighted by molar-refractivity contribution is 7.99. The highest BCUT2D eigenvalue weighted by atomic mass is 32.2. The maximum atomic E-state index is 11.8. The SMILES string of the molecule is COC(=O)C1CSCN1C(=O)OC(C)(C)C. The van der Waals surface area contributed by atoms with E-state index in [-0.39, 0.29) is 0 Å². The van der Waals surface area contributed by atoms with Gasteiger partial charge in [-0.1, -0.05) is 0 Å². The Hall–Kier alpha value is -0.910. The molecule has 1 atom stereocenters. The fourth-order valence-electron chi connectivity index (χ4n) is 1.27. The van der Waals surface area contributed by atoms with Crippen LogP contribution in [0.1, 0.15) is 20.8 Å². The number of methoxy groups -OCH3 is 1. The zero-order valence-corrected chi connectivity index (χ0v) is 10.8. The predicted molar refractivity (Wildman–Crippen MR) is 61.2 cm³/mol. The Labute approximate surface area is 99.5 Å². The Morgan fingerprint density at radius 3 is 2.50 bits per heavy atom. The third-order valence-electron chi connectivity index (χ3n) is 1.98. The number of carbonyl (C=O) groups is 2. The maximum Gasteiger partial charge on any atom is 0.411 e. The Kier molecular flexibility index (Phi) is 4.07. The van der Waals surface area contributed by atoms with Gasteiger partial charge < -0.3 is 9.47 Å². The first-order valence-electron chi connectivity index (χ1n) is 5.00. The molecule has 0 aromatic heterocycles. The van der Waals surface area contributed by atoms with Crippen molar-refractivity contribution in [2.45, 2.75) is 32.4 Å². The molecule has 16 heavy (non-hydrogen) atoms. The summed E-state index contributed by atoms with van der Waals surface area (Å²) in [6.07, 6.45) is -0.465. The van der Waals surface area contributed by atoms with Crippen LogP contribution < -0.4 is 0 Å². The normalized spacial score (nSPS) is 20.8. The van der Waals surface area contributed by atoms with Gasteiger partial charge in [-0.05, 0) is 20.8 Å². The smallest absolute Gasteiger partial charge is 0.411 e. The second kappa shape index (κ2) is 4.95. The van der Waals surface area contributed by atoms with E-state index in [2.05, 4.69) is 4.74 Å². The zero-order chi connectivity index (χ0) is 12.3. The second-order valence-corrected chi connectivity index (χ2v) is 5.49. The molecule has 1 fully saturated rings. The molecule has 0 aliphatic carbocycles. The Morgan fingerprint density at radius 1 is 1.38 bits per heavy atom. The van der Waals surface area contributed by atoms with Gasteiger partial charge in [0.2, 0.25) is 0 Å². The van der Waals surface area contributed by atoms with E-state index in [1.165, 1.54) is 23.8 Å². The molecule has 1 rings (SSSR count). The molecule has 0 aromatic carbocycles. The summed E-state index contributed by atoms with van der Waals surface area (Å²) in [6, 6.07) is -0.523. The molecule has 0 bridgehead atoms. The first-order valence-corrected chi connectivity index (χ1v) is 6.16. The lowest BCUT2D eigenvalue weighted by Gasteiger charge is -2.26. The zero-order valence-electron chi connectivity index (χ0n) is 9.98. The molecule has 0 N–H and O–H groups in total. The summed E-state index contributed by atoms with van der Waals surface area (Å²) >= 11 is 1.51. The number of nitrogens with zero attached hydrogens (tertiary/aromatic N) is 1. The first-order chi connectivity index (χ1) is 7.35. The van der Waals surface area contributed by atoms with E-state index in [0.29, 0.717) is 11.6 Å². The van der Waals surface area contributed by atoms with Crippen molar-refractivity contribution in [3.63, 3.8) is 0 Å². The van der Waals surface area contributed by atoms with Crippen molar-refractivity contribution in [3.05, 3.63) is 0 Å². The topological polar surface area (TPSA) is 55.8 Å². The predicted octanol–water partition coefficient (Wildman–Crippen LogP) is 1.47. The van der Waals surface area contributed by atoms with Gasteiger partial charge in [0.05, 0.1) is 13.0 Å². The number of ether oxygens (including phenoxy) is 2. The minimum atomic E-state index is -0.551. The van der Waals surface area contributed by atoms with Crippen molar-refractivity contribution >= 4 is 23.8 Å². The molecule has 6 heteroatoms. The van der Waals surface area contributed by atoms with Crippen LogP contribution in [0.3, 0.4) is 0 Å². The molecule has 0 radical (unpaired) electrons. The molecule has 1 aliphatic rings. The van der Waals surface area contributed by atoms with Crippen molar-refractivity contribution in [1.29, 1.82) is 0 Å². The summed E-state index contributed by atoms with van der Waals surface area (Å²) in [4.78, 5) is 24.6. The Morgan fingerprint density at radius 2 is 2.00 bits per heavy atom. The van der Waals surface area contributed by atoms with Crippen molar-refractivity contribution in [2.75, 3.05) is 18.7 Å². The molecule has 0 aromatic rings. The number of esters is 1. The van der Waals surface area contributed by atoms with Gasteiger partial charge in [0.15, 0.2) is 0 Å². The summed E-state index contributed by atoms with van der Waals surface area (Å²) in [5, 5.41) is 0. The van der Waals surface area contributed by atoms with Crippen LogP contribution in [-0.2, 0) is 14.3 Å². The quantitative estimate of drug-likeness (QED) is 0.657. The van der Waals surface area contributed by atoms with Crippen LogP contribution in [-0.4, -0.2) is 47.3 Å². The van der Waals surface area contributed by atoms with Crippen LogP contribution in [0.25, 0.3) is 0 Å². The summed E-state index contributed by atoms with van der Waals surface area (Å²) in [7, 11) is 1.32. The lowest BCUT2D eigenvalue weighted by atomic mass is 10.2. The molecular formula is C10H17NO4S. The van der Waals surface area contributed by atoms with Crippen LogP contribution in [0.4, 0.5) is 4.79 Å². The van der Waals surface area contributed by atoms with E-state index >= 15 is 0 Å². The second-order valence-electron chi connectivity index (χ2n) is 4.49. The number of hydrogen-bond acceptors (Lipinski definition) is 5. The third kappa shape index (κ3) is 3.30. The van der Waals surface area contributed by atoms with Crippen molar-refractivity contribution in [1.82, 2.24) is 4.90 Å². The summed E-state index contributed by atoms with van der Waals surface area (Å²) in [5.74, 6) is 0.636.